The molecule has 0 saturated carbocycles. The standard InChI is InChI=1S/C24H22N4O3S/c29-19-8-6-18(7-9-19)26-10-12-27(13-11-26)22(30)15-28-16-25-23-20(24(28)31)14-21(32-23)17-4-2-1-3-5-17/h1-9,14,16,29H,10-13,15H2. The quantitative estimate of drug-likeness (QED) is 0.521. The van der Waals surface area contributed by atoms with Gasteiger partial charge in [0.1, 0.15) is 17.1 Å². The van der Waals surface area contributed by atoms with Crippen molar-refractivity contribution in [1.82, 2.24) is 14.5 Å². The SMILES string of the molecule is O=C(Cn1cnc2sc(-c3ccccc3)cc2c1=O)N1CCN(c2ccc(O)cc2)CC1. The normalized spacial score (nSPS) is 14.1. The Morgan fingerprint density at radius 3 is 2.44 bits per heavy atom. The van der Waals surface area contributed by atoms with Crippen LogP contribution in [-0.4, -0.2) is 51.6 Å². The minimum atomic E-state index is -0.190. The van der Waals surface area contributed by atoms with Crippen molar-refractivity contribution >= 4 is 33.1 Å². The van der Waals surface area contributed by atoms with E-state index in [4.69, 9.17) is 0 Å². The number of rotatable bonds is 4. The average Bonchev–Trinajstić information content (AvgIpc) is 3.27. The summed E-state index contributed by atoms with van der Waals surface area (Å²) in [6.07, 6.45) is 1.47. The molecule has 4 aromatic rings. The Bertz CT molecular complexity index is 1310. The van der Waals surface area contributed by atoms with Gasteiger partial charge in [0.05, 0.1) is 11.7 Å². The maximum absolute atomic E-state index is 13.0. The molecule has 1 amide bonds. The van der Waals surface area contributed by atoms with E-state index in [1.807, 2.05) is 48.5 Å². The molecule has 0 unspecified atom stereocenters. The number of nitrogens with zero attached hydrogens (tertiary/aromatic N) is 4. The highest BCUT2D eigenvalue weighted by Crippen LogP contribution is 2.30. The van der Waals surface area contributed by atoms with Gasteiger partial charge < -0.3 is 14.9 Å². The molecule has 7 nitrogen and oxygen atoms in total. The number of carbonyl (C=O) groups excluding carboxylic acids is 1. The zero-order chi connectivity index (χ0) is 22.1. The Labute approximate surface area is 188 Å². The van der Waals surface area contributed by atoms with Crippen LogP contribution in [0.1, 0.15) is 0 Å². The molecule has 2 aromatic heterocycles. The van der Waals surface area contributed by atoms with Crippen LogP contribution in [0.2, 0.25) is 0 Å². The summed E-state index contributed by atoms with van der Waals surface area (Å²) in [5, 5.41) is 10.00. The van der Waals surface area contributed by atoms with Gasteiger partial charge in [-0.1, -0.05) is 30.3 Å². The van der Waals surface area contributed by atoms with Gasteiger partial charge >= 0.3 is 0 Å². The number of hydrogen-bond acceptors (Lipinski definition) is 6. The molecule has 0 spiro atoms. The number of piperazine rings is 1. The molecular weight excluding hydrogens is 424 g/mol. The second-order valence-electron chi connectivity index (χ2n) is 7.76. The van der Waals surface area contributed by atoms with E-state index < -0.39 is 0 Å². The number of phenols is 1. The predicted molar refractivity (Wildman–Crippen MR) is 126 cm³/mol. The van der Waals surface area contributed by atoms with Gasteiger partial charge in [-0.2, -0.15) is 0 Å². The van der Waals surface area contributed by atoms with E-state index in [-0.39, 0.29) is 23.8 Å². The minimum Gasteiger partial charge on any atom is -0.508 e. The summed E-state index contributed by atoms with van der Waals surface area (Å²) >= 11 is 1.48. The van der Waals surface area contributed by atoms with Gasteiger partial charge in [-0.3, -0.25) is 14.2 Å². The molecule has 0 bridgehead atoms. The van der Waals surface area contributed by atoms with Crippen molar-refractivity contribution in [2.75, 3.05) is 31.1 Å². The summed E-state index contributed by atoms with van der Waals surface area (Å²) in [5.74, 6) is 0.150. The first-order valence-corrected chi connectivity index (χ1v) is 11.3. The third kappa shape index (κ3) is 3.97. The van der Waals surface area contributed by atoms with Gasteiger partial charge in [-0.05, 0) is 35.9 Å². The highest BCUT2D eigenvalue weighted by molar-refractivity contribution is 7.21. The van der Waals surface area contributed by atoms with Gasteiger partial charge in [0.2, 0.25) is 5.91 Å². The summed E-state index contributed by atoms with van der Waals surface area (Å²) in [7, 11) is 0. The smallest absolute Gasteiger partial charge is 0.262 e. The molecule has 1 fully saturated rings. The Hall–Kier alpha value is -3.65. The van der Waals surface area contributed by atoms with E-state index in [9.17, 15) is 14.7 Å². The van der Waals surface area contributed by atoms with Crippen LogP contribution < -0.4 is 10.5 Å². The molecule has 3 heterocycles. The first-order chi connectivity index (χ1) is 15.6. The van der Waals surface area contributed by atoms with Crippen molar-refractivity contribution in [2.45, 2.75) is 6.54 Å². The molecule has 32 heavy (non-hydrogen) atoms. The van der Waals surface area contributed by atoms with Crippen molar-refractivity contribution in [1.29, 1.82) is 0 Å². The van der Waals surface area contributed by atoms with E-state index in [1.165, 1.54) is 22.2 Å². The summed E-state index contributed by atoms with van der Waals surface area (Å²) in [6, 6.07) is 18.8. The van der Waals surface area contributed by atoms with Crippen LogP contribution in [0.5, 0.6) is 5.75 Å². The maximum Gasteiger partial charge on any atom is 0.262 e. The average molecular weight is 447 g/mol. The number of aromatic hydroxyl groups is 1. The van der Waals surface area contributed by atoms with Gasteiger partial charge in [0, 0.05) is 36.7 Å². The van der Waals surface area contributed by atoms with Crippen molar-refractivity contribution in [3.8, 4) is 16.2 Å². The second kappa shape index (κ2) is 8.47. The molecule has 0 aliphatic carbocycles. The number of phenolic OH excluding ortho intramolecular Hbond substituents is 1. The molecule has 2 aromatic carbocycles. The van der Waals surface area contributed by atoms with Crippen LogP contribution in [0, 0.1) is 0 Å². The molecule has 1 N–H and O–H groups in total. The van der Waals surface area contributed by atoms with E-state index in [0.717, 1.165) is 16.1 Å². The Morgan fingerprint density at radius 1 is 1.00 bits per heavy atom. The lowest BCUT2D eigenvalue weighted by Crippen LogP contribution is -2.50. The fourth-order valence-electron chi connectivity index (χ4n) is 3.94. The highest BCUT2D eigenvalue weighted by Gasteiger charge is 2.22. The topological polar surface area (TPSA) is 78.7 Å². The molecule has 8 heteroatoms. The van der Waals surface area contributed by atoms with Gasteiger partial charge in [-0.25, -0.2) is 4.98 Å². The molecule has 0 atom stereocenters. The Kier molecular flexibility index (Phi) is 5.36. The monoisotopic (exact) mass is 446 g/mol. The van der Waals surface area contributed by atoms with Crippen molar-refractivity contribution in [3.63, 3.8) is 0 Å². The van der Waals surface area contributed by atoms with Crippen LogP contribution >= 0.6 is 11.3 Å². The first kappa shape index (κ1) is 20.3. The van der Waals surface area contributed by atoms with Gasteiger partial charge in [0.15, 0.2) is 0 Å². The number of hydrogen-bond donors (Lipinski definition) is 1. The Balaban J connectivity index is 1.28. The number of carbonyl (C=O) groups is 1. The van der Waals surface area contributed by atoms with E-state index in [1.54, 1.807) is 17.0 Å². The van der Waals surface area contributed by atoms with Gasteiger partial charge in [0.25, 0.3) is 5.56 Å². The molecule has 1 aliphatic heterocycles. The van der Waals surface area contributed by atoms with E-state index in [0.29, 0.717) is 36.4 Å². The van der Waals surface area contributed by atoms with Crippen LogP contribution in [-0.2, 0) is 11.3 Å². The highest BCUT2D eigenvalue weighted by atomic mass is 32.1. The summed E-state index contributed by atoms with van der Waals surface area (Å²) in [4.78, 5) is 35.9. The number of thiophene rings is 1. The maximum atomic E-state index is 13.0. The fraction of sp³-hybridized carbons (Fsp3) is 0.208. The molecule has 1 saturated heterocycles. The lowest BCUT2D eigenvalue weighted by atomic mass is 10.2. The molecule has 162 valence electrons. The second-order valence-corrected chi connectivity index (χ2v) is 8.79. The summed E-state index contributed by atoms with van der Waals surface area (Å²) in [5.41, 5.74) is 1.88. The van der Waals surface area contributed by atoms with E-state index in [2.05, 4.69) is 9.88 Å². The zero-order valence-corrected chi connectivity index (χ0v) is 18.2. The number of benzene rings is 2. The number of fused-ring (bicyclic) bond motifs is 1. The van der Waals surface area contributed by atoms with E-state index >= 15 is 0 Å². The van der Waals surface area contributed by atoms with Crippen molar-refractivity contribution < 1.29 is 9.90 Å². The van der Waals surface area contributed by atoms with Crippen LogP contribution in [0.25, 0.3) is 20.7 Å². The van der Waals surface area contributed by atoms with Gasteiger partial charge in [-0.15, -0.1) is 11.3 Å². The predicted octanol–water partition coefficient (Wildman–Crippen LogP) is 3.18. The number of amides is 1. The lowest BCUT2D eigenvalue weighted by Gasteiger charge is -2.36. The van der Waals surface area contributed by atoms with Crippen LogP contribution in [0.15, 0.2) is 71.8 Å². The first-order valence-electron chi connectivity index (χ1n) is 10.4. The third-order valence-corrected chi connectivity index (χ3v) is 6.82. The molecule has 0 radical (unpaired) electrons. The summed E-state index contributed by atoms with van der Waals surface area (Å²) < 4.78 is 1.40. The third-order valence-electron chi connectivity index (χ3n) is 5.73. The Morgan fingerprint density at radius 2 is 1.72 bits per heavy atom. The molecule has 5 rings (SSSR count). The largest absolute Gasteiger partial charge is 0.508 e. The van der Waals surface area contributed by atoms with Crippen LogP contribution in [0.4, 0.5) is 5.69 Å². The summed E-state index contributed by atoms with van der Waals surface area (Å²) in [6.45, 7) is 2.56. The number of aromatic nitrogens is 2. The molecule has 1 aliphatic rings. The molecular formula is C24H22N4O3S. The van der Waals surface area contributed by atoms with Crippen LogP contribution in [0.3, 0.4) is 0 Å². The van der Waals surface area contributed by atoms with Crippen molar-refractivity contribution in [3.05, 3.63) is 77.3 Å². The zero-order valence-electron chi connectivity index (χ0n) is 17.3. The fourth-order valence-corrected chi connectivity index (χ4v) is 4.94. The number of anilines is 1. The lowest BCUT2D eigenvalue weighted by molar-refractivity contribution is -0.132. The van der Waals surface area contributed by atoms with Crippen molar-refractivity contribution in [2.24, 2.45) is 0 Å². The minimum absolute atomic E-state index is 0.0164.